The van der Waals surface area contributed by atoms with Crippen molar-refractivity contribution in [2.24, 2.45) is 0 Å². The van der Waals surface area contributed by atoms with Gasteiger partial charge in [-0.2, -0.15) is 4.37 Å². The van der Waals surface area contributed by atoms with Crippen LogP contribution in [0.3, 0.4) is 0 Å². The first-order chi connectivity index (χ1) is 5.36. The summed E-state index contributed by atoms with van der Waals surface area (Å²) in [6.45, 7) is 2.07. The molecule has 1 unspecified atom stereocenters. The SMILES string of the molecule is Nc1nc(C2CCNC2)ns1. The monoisotopic (exact) mass is 170 g/mol. The van der Waals surface area contributed by atoms with Crippen molar-refractivity contribution in [3.8, 4) is 0 Å². The average Bonchev–Trinajstić information content (AvgIpc) is 2.55. The first-order valence-corrected chi connectivity index (χ1v) is 4.43. The Balaban J connectivity index is 2.15. The molecular formula is C6H10N4S. The fourth-order valence-electron chi connectivity index (χ4n) is 1.29. The molecule has 0 saturated carbocycles. The number of hydrogen-bond acceptors (Lipinski definition) is 5. The molecule has 4 nitrogen and oxygen atoms in total. The number of hydrogen-bond donors (Lipinski definition) is 2. The second kappa shape index (κ2) is 2.75. The Morgan fingerprint density at radius 1 is 1.64 bits per heavy atom. The maximum absolute atomic E-state index is 5.47. The van der Waals surface area contributed by atoms with Gasteiger partial charge in [-0.05, 0) is 13.0 Å². The predicted octanol–water partition coefficient (Wildman–Crippen LogP) is 0.197. The van der Waals surface area contributed by atoms with Gasteiger partial charge in [0.2, 0.25) is 0 Å². The number of aromatic nitrogens is 2. The lowest BCUT2D eigenvalue weighted by Crippen LogP contribution is -2.08. The molecule has 1 fully saturated rings. The molecule has 1 aromatic rings. The van der Waals surface area contributed by atoms with Crippen molar-refractivity contribution in [3.63, 3.8) is 0 Å². The van der Waals surface area contributed by atoms with Crippen LogP contribution in [-0.4, -0.2) is 22.4 Å². The Morgan fingerprint density at radius 3 is 3.09 bits per heavy atom. The van der Waals surface area contributed by atoms with E-state index in [-0.39, 0.29) is 0 Å². The molecule has 1 atom stereocenters. The molecule has 1 aromatic heterocycles. The van der Waals surface area contributed by atoms with E-state index in [2.05, 4.69) is 14.7 Å². The van der Waals surface area contributed by atoms with E-state index in [1.54, 1.807) is 0 Å². The molecular weight excluding hydrogens is 160 g/mol. The lowest BCUT2D eigenvalue weighted by molar-refractivity contribution is 0.718. The fraction of sp³-hybridized carbons (Fsp3) is 0.667. The highest BCUT2D eigenvalue weighted by atomic mass is 32.1. The summed E-state index contributed by atoms with van der Waals surface area (Å²) in [5.74, 6) is 1.40. The molecule has 0 amide bonds. The van der Waals surface area contributed by atoms with Crippen LogP contribution in [0.15, 0.2) is 0 Å². The number of nitrogens with zero attached hydrogens (tertiary/aromatic N) is 2. The second-order valence-electron chi connectivity index (χ2n) is 2.68. The van der Waals surface area contributed by atoms with Crippen LogP contribution in [0.2, 0.25) is 0 Å². The number of nitrogens with one attached hydrogen (secondary N) is 1. The van der Waals surface area contributed by atoms with E-state index in [9.17, 15) is 0 Å². The van der Waals surface area contributed by atoms with Crippen LogP contribution in [0.1, 0.15) is 18.2 Å². The fourth-order valence-corrected chi connectivity index (χ4v) is 1.80. The Hall–Kier alpha value is -0.680. The Morgan fingerprint density at radius 2 is 2.55 bits per heavy atom. The third-order valence-electron chi connectivity index (χ3n) is 1.88. The molecule has 3 N–H and O–H groups in total. The first kappa shape index (κ1) is 7.00. The zero-order valence-electron chi connectivity index (χ0n) is 6.08. The molecule has 1 aliphatic heterocycles. The highest BCUT2D eigenvalue weighted by Crippen LogP contribution is 2.21. The van der Waals surface area contributed by atoms with Crippen LogP contribution < -0.4 is 11.1 Å². The summed E-state index contributed by atoms with van der Waals surface area (Å²) < 4.78 is 4.16. The van der Waals surface area contributed by atoms with Crippen molar-refractivity contribution in [1.82, 2.24) is 14.7 Å². The van der Waals surface area contributed by atoms with Crippen molar-refractivity contribution in [1.29, 1.82) is 0 Å². The number of anilines is 1. The van der Waals surface area contributed by atoms with E-state index in [0.717, 1.165) is 25.3 Å². The van der Waals surface area contributed by atoms with Gasteiger partial charge in [-0.1, -0.05) is 0 Å². The third-order valence-corrected chi connectivity index (χ3v) is 2.44. The molecule has 0 radical (unpaired) electrons. The van der Waals surface area contributed by atoms with E-state index in [0.29, 0.717) is 11.0 Å². The molecule has 60 valence electrons. The van der Waals surface area contributed by atoms with Crippen molar-refractivity contribution < 1.29 is 0 Å². The summed E-state index contributed by atoms with van der Waals surface area (Å²) in [5, 5.41) is 3.84. The van der Waals surface area contributed by atoms with Crippen molar-refractivity contribution in [2.75, 3.05) is 18.8 Å². The van der Waals surface area contributed by atoms with Crippen molar-refractivity contribution in [2.45, 2.75) is 12.3 Å². The van der Waals surface area contributed by atoms with Gasteiger partial charge in [0.05, 0.1) is 0 Å². The summed E-state index contributed by atoms with van der Waals surface area (Å²) in [6.07, 6.45) is 1.14. The normalized spacial score (nSPS) is 24.2. The molecule has 0 aromatic carbocycles. The van der Waals surface area contributed by atoms with E-state index in [1.165, 1.54) is 11.5 Å². The van der Waals surface area contributed by atoms with Gasteiger partial charge in [0.1, 0.15) is 5.82 Å². The largest absolute Gasteiger partial charge is 0.374 e. The lowest BCUT2D eigenvalue weighted by atomic mass is 10.1. The molecule has 11 heavy (non-hydrogen) atoms. The van der Waals surface area contributed by atoms with Crippen LogP contribution >= 0.6 is 11.5 Å². The van der Waals surface area contributed by atoms with Crippen LogP contribution in [0.25, 0.3) is 0 Å². The first-order valence-electron chi connectivity index (χ1n) is 3.66. The third kappa shape index (κ3) is 1.34. The Labute approximate surface area is 69.0 Å². The zero-order valence-corrected chi connectivity index (χ0v) is 6.90. The smallest absolute Gasteiger partial charge is 0.199 e. The van der Waals surface area contributed by atoms with E-state index < -0.39 is 0 Å². The molecule has 1 aliphatic rings. The van der Waals surface area contributed by atoms with Gasteiger partial charge in [0, 0.05) is 24.0 Å². The molecule has 2 heterocycles. The van der Waals surface area contributed by atoms with Gasteiger partial charge in [0.25, 0.3) is 0 Å². The molecule has 0 aliphatic carbocycles. The average molecular weight is 170 g/mol. The van der Waals surface area contributed by atoms with Gasteiger partial charge in [-0.25, -0.2) is 4.98 Å². The standard InChI is InChI=1S/C6H10N4S/c7-6-9-5(10-11-6)4-1-2-8-3-4/h4,8H,1-3H2,(H2,7,9,10). The van der Waals surface area contributed by atoms with Crippen LogP contribution in [0, 0.1) is 0 Å². The highest BCUT2D eigenvalue weighted by Gasteiger charge is 2.20. The van der Waals surface area contributed by atoms with Crippen LogP contribution in [-0.2, 0) is 0 Å². The maximum Gasteiger partial charge on any atom is 0.199 e. The van der Waals surface area contributed by atoms with Crippen molar-refractivity contribution in [3.05, 3.63) is 5.82 Å². The minimum Gasteiger partial charge on any atom is -0.374 e. The van der Waals surface area contributed by atoms with Gasteiger partial charge in [-0.15, -0.1) is 0 Å². The highest BCUT2D eigenvalue weighted by molar-refractivity contribution is 7.09. The van der Waals surface area contributed by atoms with Gasteiger partial charge >= 0.3 is 0 Å². The summed E-state index contributed by atoms with van der Waals surface area (Å²) >= 11 is 1.28. The predicted molar refractivity (Wildman–Crippen MR) is 44.5 cm³/mol. The zero-order chi connectivity index (χ0) is 7.68. The Kier molecular flexibility index (Phi) is 1.75. The summed E-state index contributed by atoms with van der Waals surface area (Å²) in [6, 6.07) is 0. The molecule has 2 rings (SSSR count). The number of nitrogen functional groups attached to an aromatic ring is 1. The minimum atomic E-state index is 0.489. The van der Waals surface area contributed by atoms with E-state index in [1.807, 2.05) is 0 Å². The molecule has 0 spiro atoms. The van der Waals surface area contributed by atoms with Crippen LogP contribution in [0.4, 0.5) is 5.13 Å². The lowest BCUT2D eigenvalue weighted by Gasteiger charge is -1.99. The van der Waals surface area contributed by atoms with Gasteiger partial charge in [-0.3, -0.25) is 0 Å². The summed E-state index contributed by atoms with van der Waals surface area (Å²) in [7, 11) is 0. The molecule has 1 saturated heterocycles. The van der Waals surface area contributed by atoms with Gasteiger partial charge < -0.3 is 11.1 Å². The molecule has 5 heteroatoms. The topological polar surface area (TPSA) is 63.8 Å². The minimum absolute atomic E-state index is 0.489. The van der Waals surface area contributed by atoms with E-state index >= 15 is 0 Å². The summed E-state index contributed by atoms with van der Waals surface area (Å²) in [5.41, 5.74) is 5.47. The number of nitrogens with two attached hydrogens (primary N) is 1. The van der Waals surface area contributed by atoms with Crippen LogP contribution in [0.5, 0.6) is 0 Å². The Bertz CT molecular complexity index is 240. The van der Waals surface area contributed by atoms with E-state index in [4.69, 9.17) is 5.73 Å². The maximum atomic E-state index is 5.47. The molecule has 0 bridgehead atoms. The summed E-state index contributed by atoms with van der Waals surface area (Å²) in [4.78, 5) is 4.14. The number of rotatable bonds is 1. The second-order valence-corrected chi connectivity index (χ2v) is 3.46. The van der Waals surface area contributed by atoms with Gasteiger partial charge in [0.15, 0.2) is 5.13 Å². The quantitative estimate of drug-likeness (QED) is 0.632. The van der Waals surface area contributed by atoms with Crippen molar-refractivity contribution >= 4 is 16.7 Å².